The molecule has 4 nitrogen and oxygen atoms in total. The predicted octanol–water partition coefficient (Wildman–Crippen LogP) is 2.83. The lowest BCUT2D eigenvalue weighted by Crippen LogP contribution is -2.10. The van der Waals surface area contributed by atoms with Crippen molar-refractivity contribution in [1.29, 1.82) is 0 Å². The highest BCUT2D eigenvalue weighted by Gasteiger charge is 2.08. The number of benzene rings is 2. The van der Waals surface area contributed by atoms with E-state index in [9.17, 15) is 8.42 Å². The zero-order chi connectivity index (χ0) is 15.6. The van der Waals surface area contributed by atoms with Gasteiger partial charge in [0.25, 0.3) is 0 Å². The zero-order valence-corrected chi connectivity index (χ0v) is 13.3. The molecular formula is C15H15NO3S2. The molecule has 0 aliphatic heterocycles. The van der Waals surface area contributed by atoms with Crippen molar-refractivity contribution in [3.8, 4) is 11.5 Å². The van der Waals surface area contributed by atoms with E-state index in [0.29, 0.717) is 16.5 Å². The molecule has 6 heteroatoms. The molecule has 0 amide bonds. The number of rotatable bonds is 4. The largest absolute Gasteiger partial charge is 0.457 e. The van der Waals surface area contributed by atoms with E-state index < -0.39 is 9.84 Å². The van der Waals surface area contributed by atoms with Crippen LogP contribution in [0.1, 0.15) is 11.1 Å². The number of aryl methyl sites for hydroxylation is 1. The zero-order valence-electron chi connectivity index (χ0n) is 11.7. The summed E-state index contributed by atoms with van der Waals surface area (Å²) in [7, 11) is -3.20. The van der Waals surface area contributed by atoms with Gasteiger partial charge in [0, 0.05) is 11.8 Å². The second-order valence-corrected chi connectivity index (χ2v) is 7.14. The summed E-state index contributed by atoms with van der Waals surface area (Å²) in [4.78, 5) is 0.603. The molecule has 0 fully saturated rings. The predicted molar refractivity (Wildman–Crippen MR) is 86.7 cm³/mol. The summed E-state index contributed by atoms with van der Waals surface area (Å²) in [5.41, 5.74) is 7.34. The molecule has 21 heavy (non-hydrogen) atoms. The van der Waals surface area contributed by atoms with E-state index in [4.69, 9.17) is 22.7 Å². The van der Waals surface area contributed by atoms with Gasteiger partial charge < -0.3 is 10.5 Å². The SMILES string of the molecule is Cc1cc(Oc2ccc(S(C)(=O)=O)cc2)ccc1C(N)=S. The fourth-order valence-electron chi connectivity index (χ4n) is 1.87. The third-order valence-corrected chi connectivity index (χ3v) is 4.30. The highest BCUT2D eigenvalue weighted by Crippen LogP contribution is 2.25. The van der Waals surface area contributed by atoms with Gasteiger partial charge in [-0.1, -0.05) is 12.2 Å². The van der Waals surface area contributed by atoms with E-state index in [0.717, 1.165) is 11.1 Å². The summed E-state index contributed by atoms with van der Waals surface area (Å²) in [5, 5.41) is 0. The molecule has 0 spiro atoms. The van der Waals surface area contributed by atoms with Gasteiger partial charge in [-0.2, -0.15) is 0 Å². The Morgan fingerprint density at radius 1 is 1.10 bits per heavy atom. The lowest BCUT2D eigenvalue weighted by Gasteiger charge is -2.09. The first-order valence-electron chi connectivity index (χ1n) is 6.16. The van der Waals surface area contributed by atoms with Gasteiger partial charge in [0.05, 0.1) is 4.90 Å². The van der Waals surface area contributed by atoms with E-state index in [1.54, 1.807) is 24.3 Å². The second-order valence-electron chi connectivity index (χ2n) is 4.69. The Labute approximate surface area is 129 Å². The Morgan fingerprint density at radius 2 is 1.67 bits per heavy atom. The van der Waals surface area contributed by atoms with Crippen LogP contribution in [0.4, 0.5) is 0 Å². The summed E-state index contributed by atoms with van der Waals surface area (Å²) < 4.78 is 28.4. The molecule has 2 rings (SSSR count). The number of nitrogens with two attached hydrogens (primary N) is 1. The van der Waals surface area contributed by atoms with Crippen molar-refractivity contribution in [2.24, 2.45) is 5.73 Å². The molecule has 0 saturated heterocycles. The fraction of sp³-hybridized carbons (Fsp3) is 0.133. The van der Waals surface area contributed by atoms with Crippen LogP contribution in [0.3, 0.4) is 0 Å². The van der Waals surface area contributed by atoms with Gasteiger partial charge in [-0.05, 0) is 55.0 Å². The van der Waals surface area contributed by atoms with Crippen LogP contribution in [0, 0.1) is 6.92 Å². The standard InChI is InChI=1S/C15H15NO3S2/c1-10-9-12(5-8-14(10)15(16)20)19-11-3-6-13(7-4-11)21(2,17)18/h3-9H,1-2H3,(H2,16,20). The molecule has 0 heterocycles. The monoisotopic (exact) mass is 321 g/mol. The third kappa shape index (κ3) is 3.80. The van der Waals surface area contributed by atoms with Crippen molar-refractivity contribution in [3.63, 3.8) is 0 Å². The molecule has 110 valence electrons. The van der Waals surface area contributed by atoms with Crippen LogP contribution in [0.5, 0.6) is 11.5 Å². The molecule has 0 atom stereocenters. The van der Waals surface area contributed by atoms with Crippen LogP contribution in [0.2, 0.25) is 0 Å². The molecule has 2 aromatic rings. The minimum atomic E-state index is -3.20. The van der Waals surface area contributed by atoms with Crippen LogP contribution in [0.15, 0.2) is 47.4 Å². The van der Waals surface area contributed by atoms with E-state index in [1.165, 1.54) is 18.4 Å². The Balaban J connectivity index is 2.23. The van der Waals surface area contributed by atoms with E-state index in [2.05, 4.69) is 0 Å². The molecule has 0 aromatic heterocycles. The van der Waals surface area contributed by atoms with E-state index >= 15 is 0 Å². The van der Waals surface area contributed by atoms with Crippen LogP contribution >= 0.6 is 12.2 Å². The maximum atomic E-state index is 11.4. The first-order chi connectivity index (χ1) is 9.77. The third-order valence-electron chi connectivity index (χ3n) is 2.95. The Morgan fingerprint density at radius 3 is 2.14 bits per heavy atom. The number of hydrogen-bond acceptors (Lipinski definition) is 4. The average Bonchev–Trinajstić information content (AvgIpc) is 2.38. The lowest BCUT2D eigenvalue weighted by molar-refractivity contribution is 0.481. The Kier molecular flexibility index (Phi) is 4.29. The van der Waals surface area contributed by atoms with Crippen LogP contribution < -0.4 is 10.5 Å². The lowest BCUT2D eigenvalue weighted by atomic mass is 10.1. The summed E-state index contributed by atoms with van der Waals surface area (Å²) in [6.07, 6.45) is 1.17. The van der Waals surface area contributed by atoms with Gasteiger partial charge in [0.15, 0.2) is 9.84 Å². The van der Waals surface area contributed by atoms with Gasteiger partial charge in [-0.3, -0.25) is 0 Å². The smallest absolute Gasteiger partial charge is 0.175 e. The molecule has 2 N–H and O–H groups in total. The molecular weight excluding hydrogens is 306 g/mol. The summed E-state index contributed by atoms with van der Waals surface area (Å²) in [6.45, 7) is 1.90. The quantitative estimate of drug-likeness (QED) is 0.877. The molecule has 0 unspecified atom stereocenters. The van der Waals surface area contributed by atoms with Gasteiger partial charge in [-0.25, -0.2) is 8.42 Å². The Hall–Kier alpha value is -1.92. The normalized spacial score (nSPS) is 11.1. The number of ether oxygens (including phenoxy) is 1. The maximum Gasteiger partial charge on any atom is 0.175 e. The first-order valence-corrected chi connectivity index (χ1v) is 8.46. The van der Waals surface area contributed by atoms with Gasteiger partial charge in [0.2, 0.25) is 0 Å². The van der Waals surface area contributed by atoms with Crippen molar-refractivity contribution in [1.82, 2.24) is 0 Å². The summed E-state index contributed by atoms with van der Waals surface area (Å²) in [6, 6.07) is 11.7. The first kappa shape index (κ1) is 15.5. The van der Waals surface area contributed by atoms with Crippen LogP contribution in [-0.2, 0) is 9.84 Å². The molecule has 0 radical (unpaired) electrons. The number of sulfone groups is 1. The summed E-state index contributed by atoms with van der Waals surface area (Å²) >= 11 is 4.95. The fourth-order valence-corrected chi connectivity index (χ4v) is 2.73. The maximum absolute atomic E-state index is 11.4. The Bertz CT molecular complexity index is 781. The highest BCUT2D eigenvalue weighted by atomic mass is 32.2. The molecule has 2 aromatic carbocycles. The molecule has 0 aliphatic carbocycles. The van der Waals surface area contributed by atoms with Crippen molar-refractivity contribution in [3.05, 3.63) is 53.6 Å². The average molecular weight is 321 g/mol. The van der Waals surface area contributed by atoms with Crippen molar-refractivity contribution in [2.75, 3.05) is 6.26 Å². The van der Waals surface area contributed by atoms with Crippen LogP contribution in [0.25, 0.3) is 0 Å². The van der Waals surface area contributed by atoms with Gasteiger partial charge in [0.1, 0.15) is 16.5 Å². The second kappa shape index (κ2) is 5.83. The van der Waals surface area contributed by atoms with E-state index in [1.807, 2.05) is 13.0 Å². The topological polar surface area (TPSA) is 69.4 Å². The minimum Gasteiger partial charge on any atom is -0.457 e. The molecule has 0 bridgehead atoms. The van der Waals surface area contributed by atoms with Crippen molar-refractivity contribution in [2.45, 2.75) is 11.8 Å². The number of thiocarbonyl (C=S) groups is 1. The van der Waals surface area contributed by atoms with Gasteiger partial charge >= 0.3 is 0 Å². The van der Waals surface area contributed by atoms with Gasteiger partial charge in [-0.15, -0.1) is 0 Å². The number of hydrogen-bond donors (Lipinski definition) is 1. The minimum absolute atomic E-state index is 0.259. The molecule has 0 saturated carbocycles. The van der Waals surface area contributed by atoms with E-state index in [-0.39, 0.29) is 4.90 Å². The summed E-state index contributed by atoms with van der Waals surface area (Å²) in [5.74, 6) is 1.20. The van der Waals surface area contributed by atoms with Crippen molar-refractivity contribution < 1.29 is 13.2 Å². The highest BCUT2D eigenvalue weighted by molar-refractivity contribution is 7.90. The van der Waals surface area contributed by atoms with Crippen LogP contribution in [-0.4, -0.2) is 19.7 Å². The molecule has 0 aliphatic rings. The van der Waals surface area contributed by atoms with Crippen molar-refractivity contribution >= 4 is 27.0 Å².